The summed E-state index contributed by atoms with van der Waals surface area (Å²) in [5.74, 6) is 0. The van der Waals surface area contributed by atoms with E-state index in [9.17, 15) is 5.26 Å². The first kappa shape index (κ1) is 12.9. The Morgan fingerprint density at radius 1 is 1.37 bits per heavy atom. The summed E-state index contributed by atoms with van der Waals surface area (Å²) < 4.78 is 10.9. The molecule has 19 heavy (non-hydrogen) atoms. The van der Waals surface area contributed by atoms with E-state index in [-0.39, 0.29) is 6.29 Å². The van der Waals surface area contributed by atoms with Gasteiger partial charge in [-0.25, -0.2) is 0 Å². The predicted molar refractivity (Wildman–Crippen MR) is 72.0 cm³/mol. The lowest BCUT2D eigenvalue weighted by Gasteiger charge is -2.23. The summed E-state index contributed by atoms with van der Waals surface area (Å²) in [5.41, 5.74) is 1.95. The van der Waals surface area contributed by atoms with Crippen LogP contribution in [-0.2, 0) is 21.3 Å². The monoisotopic (exact) mass is 277 g/mol. The molecule has 100 valence electrons. The summed E-state index contributed by atoms with van der Waals surface area (Å²) >= 11 is 6.02. The van der Waals surface area contributed by atoms with Gasteiger partial charge in [-0.1, -0.05) is 17.7 Å². The first-order valence-electron chi connectivity index (χ1n) is 6.67. The topological polar surface area (TPSA) is 42.2 Å². The molecule has 1 saturated heterocycles. The van der Waals surface area contributed by atoms with Crippen LogP contribution in [0.1, 0.15) is 30.4 Å². The van der Waals surface area contributed by atoms with E-state index in [1.54, 1.807) is 0 Å². The van der Waals surface area contributed by atoms with Gasteiger partial charge in [0.25, 0.3) is 0 Å². The molecule has 0 amide bonds. The zero-order valence-electron chi connectivity index (χ0n) is 10.7. The van der Waals surface area contributed by atoms with Crippen LogP contribution in [-0.4, -0.2) is 19.5 Å². The summed E-state index contributed by atoms with van der Waals surface area (Å²) in [6.07, 6.45) is 3.21. The third-order valence-corrected chi connectivity index (χ3v) is 4.35. The Bertz CT molecular complexity index is 519. The Morgan fingerprint density at radius 3 is 2.89 bits per heavy atom. The molecule has 2 aliphatic rings. The Kier molecular flexibility index (Phi) is 3.49. The molecule has 1 aromatic rings. The molecule has 1 atom stereocenters. The van der Waals surface area contributed by atoms with Gasteiger partial charge >= 0.3 is 0 Å². The van der Waals surface area contributed by atoms with Gasteiger partial charge in [-0.15, -0.1) is 0 Å². The summed E-state index contributed by atoms with van der Waals surface area (Å²) in [6, 6.07) is 8.39. The zero-order valence-corrected chi connectivity index (χ0v) is 11.4. The Morgan fingerprint density at radius 2 is 2.16 bits per heavy atom. The fraction of sp³-hybridized carbons (Fsp3) is 0.533. The number of benzene rings is 1. The van der Waals surface area contributed by atoms with E-state index in [0.717, 1.165) is 36.3 Å². The maximum atomic E-state index is 9.64. The highest BCUT2D eigenvalue weighted by molar-refractivity contribution is 6.30. The molecular formula is C15H16ClNO2. The minimum atomic E-state index is -0.394. The highest BCUT2D eigenvalue weighted by atomic mass is 35.5. The predicted octanol–water partition coefficient (Wildman–Crippen LogP) is 3.20. The second kappa shape index (κ2) is 5.13. The minimum Gasteiger partial charge on any atom is -0.350 e. The minimum absolute atomic E-state index is 0.137. The van der Waals surface area contributed by atoms with Crippen LogP contribution in [0.15, 0.2) is 18.2 Å². The molecule has 4 heteroatoms. The van der Waals surface area contributed by atoms with Gasteiger partial charge in [0, 0.05) is 11.4 Å². The molecule has 1 aliphatic heterocycles. The van der Waals surface area contributed by atoms with Crippen LogP contribution >= 0.6 is 11.6 Å². The fourth-order valence-electron chi connectivity index (χ4n) is 3.09. The molecule has 1 heterocycles. The lowest BCUT2D eigenvalue weighted by molar-refractivity contribution is -0.0500. The number of halogens is 1. The molecule has 1 fully saturated rings. The summed E-state index contributed by atoms with van der Waals surface area (Å²) in [7, 11) is 0. The number of fused-ring (bicyclic) bond motifs is 1. The van der Waals surface area contributed by atoms with Crippen molar-refractivity contribution in [1.82, 2.24) is 0 Å². The summed E-state index contributed by atoms with van der Waals surface area (Å²) in [6.45, 7) is 1.33. The van der Waals surface area contributed by atoms with Gasteiger partial charge in [-0.05, 0) is 42.5 Å². The van der Waals surface area contributed by atoms with Gasteiger partial charge in [0.15, 0.2) is 6.29 Å². The van der Waals surface area contributed by atoms with Crippen molar-refractivity contribution in [2.75, 3.05) is 13.2 Å². The normalized spacial score (nSPS) is 26.3. The molecule has 0 aromatic heterocycles. The molecule has 3 rings (SSSR count). The van der Waals surface area contributed by atoms with E-state index < -0.39 is 5.41 Å². The van der Waals surface area contributed by atoms with Crippen molar-refractivity contribution >= 4 is 11.6 Å². The standard InChI is InChI=1S/C15H16ClNO2/c16-12-1-2-13-11(9-12)3-5-15(13,10-17)6-4-14-18-7-8-19-14/h1-2,9,14H,3-8H2. The third kappa shape index (κ3) is 2.36. The van der Waals surface area contributed by atoms with E-state index in [4.69, 9.17) is 21.1 Å². The molecule has 1 aliphatic carbocycles. The second-order valence-corrected chi connectivity index (χ2v) is 5.64. The van der Waals surface area contributed by atoms with Crippen LogP contribution in [0.2, 0.25) is 5.02 Å². The number of aryl methyl sites for hydroxylation is 1. The fourth-order valence-corrected chi connectivity index (χ4v) is 3.28. The number of hydrogen-bond acceptors (Lipinski definition) is 3. The highest BCUT2D eigenvalue weighted by Gasteiger charge is 2.39. The summed E-state index contributed by atoms with van der Waals surface area (Å²) in [4.78, 5) is 0. The van der Waals surface area contributed by atoms with E-state index in [0.29, 0.717) is 13.2 Å². The zero-order chi connectivity index (χ0) is 13.3. The largest absolute Gasteiger partial charge is 0.350 e. The van der Waals surface area contributed by atoms with Crippen LogP contribution in [0.3, 0.4) is 0 Å². The van der Waals surface area contributed by atoms with Crippen LogP contribution in [0, 0.1) is 11.3 Å². The Hall–Kier alpha value is -1.08. The molecule has 0 radical (unpaired) electrons. The lowest BCUT2D eigenvalue weighted by atomic mass is 9.79. The van der Waals surface area contributed by atoms with E-state index >= 15 is 0 Å². The highest BCUT2D eigenvalue weighted by Crippen LogP contribution is 2.43. The van der Waals surface area contributed by atoms with Crippen LogP contribution in [0.5, 0.6) is 0 Å². The van der Waals surface area contributed by atoms with Gasteiger partial charge in [0.2, 0.25) is 0 Å². The number of nitrogens with zero attached hydrogens (tertiary/aromatic N) is 1. The lowest BCUT2D eigenvalue weighted by Crippen LogP contribution is -2.23. The number of ether oxygens (including phenoxy) is 2. The van der Waals surface area contributed by atoms with Crippen LogP contribution < -0.4 is 0 Å². The molecule has 0 bridgehead atoms. The van der Waals surface area contributed by atoms with E-state index in [1.165, 1.54) is 5.56 Å². The van der Waals surface area contributed by atoms with Gasteiger partial charge in [0.05, 0.1) is 24.7 Å². The number of nitriles is 1. The van der Waals surface area contributed by atoms with Crippen molar-refractivity contribution in [2.45, 2.75) is 37.4 Å². The van der Waals surface area contributed by atoms with Crippen molar-refractivity contribution in [3.63, 3.8) is 0 Å². The van der Waals surface area contributed by atoms with E-state index in [1.807, 2.05) is 18.2 Å². The Labute approximate surface area is 118 Å². The Balaban J connectivity index is 1.80. The van der Waals surface area contributed by atoms with Gasteiger partial charge in [-0.3, -0.25) is 0 Å². The first-order valence-corrected chi connectivity index (χ1v) is 7.05. The average Bonchev–Trinajstić information content (AvgIpc) is 3.04. The van der Waals surface area contributed by atoms with Gasteiger partial charge in [0.1, 0.15) is 0 Å². The third-order valence-electron chi connectivity index (χ3n) is 4.12. The smallest absolute Gasteiger partial charge is 0.157 e. The molecular weight excluding hydrogens is 262 g/mol. The maximum Gasteiger partial charge on any atom is 0.157 e. The maximum absolute atomic E-state index is 9.64. The van der Waals surface area contributed by atoms with E-state index in [2.05, 4.69) is 6.07 Å². The van der Waals surface area contributed by atoms with Crippen molar-refractivity contribution in [2.24, 2.45) is 0 Å². The van der Waals surface area contributed by atoms with Gasteiger partial charge < -0.3 is 9.47 Å². The first-order chi connectivity index (χ1) is 9.23. The molecule has 0 N–H and O–H groups in total. The molecule has 3 nitrogen and oxygen atoms in total. The summed E-state index contributed by atoms with van der Waals surface area (Å²) in [5, 5.41) is 10.4. The quantitative estimate of drug-likeness (QED) is 0.852. The van der Waals surface area contributed by atoms with Crippen LogP contribution in [0.25, 0.3) is 0 Å². The molecule has 1 unspecified atom stereocenters. The average molecular weight is 278 g/mol. The number of rotatable bonds is 3. The molecule has 0 spiro atoms. The molecule has 1 aromatic carbocycles. The van der Waals surface area contributed by atoms with Crippen molar-refractivity contribution in [3.05, 3.63) is 34.3 Å². The SMILES string of the molecule is N#CC1(CCC2OCCO2)CCc2cc(Cl)ccc21. The molecule has 0 saturated carbocycles. The van der Waals surface area contributed by atoms with Crippen molar-refractivity contribution < 1.29 is 9.47 Å². The van der Waals surface area contributed by atoms with Crippen molar-refractivity contribution in [3.8, 4) is 6.07 Å². The second-order valence-electron chi connectivity index (χ2n) is 5.21. The number of hydrogen-bond donors (Lipinski definition) is 0. The van der Waals surface area contributed by atoms with Gasteiger partial charge in [-0.2, -0.15) is 5.26 Å². The van der Waals surface area contributed by atoms with Crippen molar-refractivity contribution in [1.29, 1.82) is 5.26 Å². The van der Waals surface area contributed by atoms with Crippen LogP contribution in [0.4, 0.5) is 0 Å².